The van der Waals surface area contributed by atoms with Crippen molar-refractivity contribution in [1.82, 2.24) is 9.55 Å². The van der Waals surface area contributed by atoms with Gasteiger partial charge < -0.3 is 14.1 Å². The smallest absolute Gasteiger partial charge is 0.274 e. The fraction of sp³-hybridized carbons (Fsp3) is 0.263. The van der Waals surface area contributed by atoms with Crippen LogP contribution in [0.25, 0.3) is 11.0 Å². The van der Waals surface area contributed by atoms with Crippen LogP contribution in [0, 0.1) is 41.4 Å². The second kappa shape index (κ2) is 8.39. The van der Waals surface area contributed by atoms with E-state index in [-0.39, 0.29) is 24.6 Å². The molecule has 1 aromatic heterocycles. The van der Waals surface area contributed by atoms with Crippen LogP contribution in [0.3, 0.4) is 0 Å². The Balaban J connectivity index is 1.85. The SMILES string of the molecule is CON=C(COc1cc(F)c(F)c(C)c1F)Cn1cnc2cc([N+](=O)[O-])c(C)cc21. The number of hydrogen-bond acceptors (Lipinski definition) is 6. The molecule has 0 aliphatic heterocycles. The summed E-state index contributed by atoms with van der Waals surface area (Å²) in [4.78, 5) is 19.5. The second-order valence-electron chi connectivity index (χ2n) is 6.50. The molecule has 0 saturated heterocycles. The van der Waals surface area contributed by atoms with Crippen LogP contribution in [0.4, 0.5) is 18.9 Å². The van der Waals surface area contributed by atoms with E-state index < -0.39 is 33.7 Å². The van der Waals surface area contributed by atoms with Gasteiger partial charge in [0.2, 0.25) is 0 Å². The number of benzene rings is 2. The molecular weight excluding hydrogens is 405 g/mol. The summed E-state index contributed by atoms with van der Waals surface area (Å²) in [6, 6.07) is 3.60. The van der Waals surface area contributed by atoms with Gasteiger partial charge in [0.15, 0.2) is 23.2 Å². The van der Waals surface area contributed by atoms with Crippen molar-refractivity contribution in [3.63, 3.8) is 0 Å². The van der Waals surface area contributed by atoms with Gasteiger partial charge in [0.25, 0.3) is 5.69 Å². The van der Waals surface area contributed by atoms with E-state index in [0.717, 1.165) is 6.92 Å². The third-order valence-corrected chi connectivity index (χ3v) is 4.45. The Morgan fingerprint density at radius 2 is 1.97 bits per heavy atom. The fourth-order valence-corrected chi connectivity index (χ4v) is 2.92. The monoisotopic (exact) mass is 422 g/mol. The van der Waals surface area contributed by atoms with Crippen molar-refractivity contribution in [1.29, 1.82) is 0 Å². The van der Waals surface area contributed by atoms with Crippen LogP contribution < -0.4 is 4.74 Å². The van der Waals surface area contributed by atoms with E-state index in [4.69, 9.17) is 9.57 Å². The zero-order valence-electron chi connectivity index (χ0n) is 16.3. The maximum absolute atomic E-state index is 14.1. The Morgan fingerprint density at radius 1 is 1.23 bits per heavy atom. The summed E-state index contributed by atoms with van der Waals surface area (Å²) in [7, 11) is 1.31. The molecule has 0 bridgehead atoms. The first-order chi connectivity index (χ1) is 14.2. The Labute approximate surface area is 168 Å². The van der Waals surface area contributed by atoms with Crippen LogP contribution >= 0.6 is 0 Å². The summed E-state index contributed by atoms with van der Waals surface area (Å²) in [6.45, 7) is 2.53. The van der Waals surface area contributed by atoms with Gasteiger partial charge in [0.1, 0.15) is 19.4 Å². The van der Waals surface area contributed by atoms with Crippen molar-refractivity contribution < 1.29 is 27.7 Å². The molecule has 1 heterocycles. The van der Waals surface area contributed by atoms with Crippen LogP contribution in [0.2, 0.25) is 0 Å². The molecule has 0 saturated carbocycles. The number of oxime groups is 1. The zero-order chi connectivity index (χ0) is 22.0. The highest BCUT2D eigenvalue weighted by molar-refractivity contribution is 5.87. The first-order valence-electron chi connectivity index (χ1n) is 8.68. The average molecular weight is 422 g/mol. The summed E-state index contributed by atoms with van der Waals surface area (Å²) in [5.74, 6) is -3.98. The van der Waals surface area contributed by atoms with Crippen LogP contribution in [0.15, 0.2) is 29.7 Å². The van der Waals surface area contributed by atoms with Crippen molar-refractivity contribution in [3.05, 3.63) is 63.2 Å². The van der Waals surface area contributed by atoms with Gasteiger partial charge in [-0.2, -0.15) is 0 Å². The Hall–Kier alpha value is -3.63. The topological polar surface area (TPSA) is 91.8 Å². The van der Waals surface area contributed by atoms with Crippen molar-refractivity contribution in [2.75, 3.05) is 13.7 Å². The number of ether oxygens (including phenoxy) is 1. The molecule has 8 nitrogen and oxygen atoms in total. The minimum atomic E-state index is -1.28. The molecular formula is C19H17F3N4O4. The molecule has 0 unspecified atom stereocenters. The van der Waals surface area contributed by atoms with E-state index in [1.807, 2.05) is 0 Å². The van der Waals surface area contributed by atoms with Gasteiger partial charge in [0, 0.05) is 23.3 Å². The minimum Gasteiger partial charge on any atom is -0.484 e. The predicted octanol–water partition coefficient (Wildman–Crippen LogP) is 4.06. The lowest BCUT2D eigenvalue weighted by Crippen LogP contribution is -2.19. The standard InChI is InChI=1S/C19H17F3N4O4/c1-10-4-16-14(6-15(10)26(27)28)23-9-25(16)7-12(24-29-3)8-30-17-5-13(20)18(21)11(2)19(17)22/h4-6,9H,7-8H2,1-3H3. The van der Waals surface area contributed by atoms with Gasteiger partial charge in [-0.05, 0) is 19.9 Å². The molecule has 0 amide bonds. The van der Waals surface area contributed by atoms with Crippen LogP contribution in [-0.2, 0) is 11.4 Å². The molecule has 0 radical (unpaired) electrons. The quantitative estimate of drug-likeness (QED) is 0.248. The van der Waals surface area contributed by atoms with Gasteiger partial charge in [-0.25, -0.2) is 18.2 Å². The average Bonchev–Trinajstić information content (AvgIpc) is 3.08. The Kier molecular flexibility index (Phi) is 5.90. The van der Waals surface area contributed by atoms with Gasteiger partial charge in [-0.3, -0.25) is 10.1 Å². The summed E-state index contributed by atoms with van der Waals surface area (Å²) in [5, 5.41) is 14.9. The number of aromatic nitrogens is 2. The van der Waals surface area contributed by atoms with Gasteiger partial charge in [-0.15, -0.1) is 0 Å². The van der Waals surface area contributed by atoms with Crippen LogP contribution in [0.1, 0.15) is 11.1 Å². The summed E-state index contributed by atoms with van der Waals surface area (Å²) < 4.78 is 48.1. The Bertz CT molecular complexity index is 1160. The van der Waals surface area contributed by atoms with Gasteiger partial charge in [-0.1, -0.05) is 5.16 Å². The number of nitro groups is 1. The zero-order valence-corrected chi connectivity index (χ0v) is 16.3. The second-order valence-corrected chi connectivity index (χ2v) is 6.50. The fourth-order valence-electron chi connectivity index (χ4n) is 2.92. The number of nitrogens with zero attached hydrogens (tertiary/aromatic N) is 4. The highest BCUT2D eigenvalue weighted by Gasteiger charge is 2.18. The number of hydrogen-bond donors (Lipinski definition) is 0. The maximum atomic E-state index is 14.1. The van der Waals surface area contributed by atoms with Gasteiger partial charge >= 0.3 is 0 Å². The van der Waals surface area contributed by atoms with E-state index in [0.29, 0.717) is 22.7 Å². The molecule has 0 spiro atoms. The van der Waals surface area contributed by atoms with E-state index in [9.17, 15) is 23.3 Å². The largest absolute Gasteiger partial charge is 0.484 e. The molecule has 11 heteroatoms. The van der Waals surface area contributed by atoms with Crippen molar-refractivity contribution in [2.24, 2.45) is 5.16 Å². The first kappa shape index (κ1) is 21.1. The third kappa shape index (κ3) is 4.04. The lowest BCUT2D eigenvalue weighted by atomic mass is 10.2. The molecule has 3 rings (SSSR count). The lowest BCUT2D eigenvalue weighted by molar-refractivity contribution is -0.385. The first-order valence-corrected chi connectivity index (χ1v) is 8.68. The highest BCUT2D eigenvalue weighted by atomic mass is 19.2. The predicted molar refractivity (Wildman–Crippen MR) is 102 cm³/mol. The molecule has 158 valence electrons. The summed E-state index contributed by atoms with van der Waals surface area (Å²) in [5.41, 5.74) is 1.22. The minimum absolute atomic E-state index is 0.0500. The van der Waals surface area contributed by atoms with Crippen LogP contribution in [-0.4, -0.2) is 33.9 Å². The molecule has 0 fully saturated rings. The van der Waals surface area contributed by atoms with Crippen molar-refractivity contribution in [2.45, 2.75) is 20.4 Å². The number of imidazole rings is 1. The Morgan fingerprint density at radius 3 is 2.63 bits per heavy atom. The molecule has 0 aliphatic carbocycles. The molecule has 30 heavy (non-hydrogen) atoms. The number of fused-ring (bicyclic) bond motifs is 1. The molecule has 3 aromatic rings. The summed E-state index contributed by atoms with van der Waals surface area (Å²) >= 11 is 0. The molecule has 0 atom stereocenters. The normalized spacial score (nSPS) is 11.7. The van der Waals surface area contributed by atoms with Crippen LogP contribution in [0.5, 0.6) is 5.75 Å². The number of halogens is 3. The van der Waals surface area contributed by atoms with E-state index in [1.54, 1.807) is 17.6 Å². The van der Waals surface area contributed by atoms with E-state index in [2.05, 4.69) is 10.1 Å². The third-order valence-electron chi connectivity index (χ3n) is 4.45. The number of rotatable bonds is 7. The maximum Gasteiger partial charge on any atom is 0.274 e. The van der Waals surface area contributed by atoms with E-state index >= 15 is 0 Å². The number of aryl methyl sites for hydroxylation is 1. The van der Waals surface area contributed by atoms with Gasteiger partial charge in [0.05, 0.1) is 28.8 Å². The van der Waals surface area contributed by atoms with Crippen molar-refractivity contribution >= 4 is 22.4 Å². The molecule has 0 N–H and O–H groups in total. The lowest BCUT2D eigenvalue weighted by Gasteiger charge is -2.12. The summed E-state index contributed by atoms with van der Waals surface area (Å²) in [6.07, 6.45) is 1.46. The molecule has 0 aliphatic rings. The van der Waals surface area contributed by atoms with E-state index in [1.165, 1.54) is 19.5 Å². The van der Waals surface area contributed by atoms with Crippen molar-refractivity contribution in [3.8, 4) is 5.75 Å². The highest BCUT2D eigenvalue weighted by Crippen LogP contribution is 2.26. The number of nitro benzene ring substituents is 1. The molecule has 2 aromatic carbocycles.